The molecule has 0 bridgehead atoms. The van der Waals surface area contributed by atoms with Gasteiger partial charge in [-0.3, -0.25) is 9.48 Å². The summed E-state index contributed by atoms with van der Waals surface area (Å²) in [5.74, 6) is -2.97. The number of alkyl halides is 3. The van der Waals surface area contributed by atoms with Gasteiger partial charge in [-0.15, -0.1) is 0 Å². The van der Waals surface area contributed by atoms with Crippen LogP contribution in [0.2, 0.25) is 0 Å². The fraction of sp³-hybridized carbons (Fsp3) is 0.692. The van der Waals surface area contributed by atoms with Gasteiger partial charge in [0.1, 0.15) is 0 Å². The molecule has 1 amide bonds. The molecule has 112 valence electrons. The molecule has 0 saturated heterocycles. The van der Waals surface area contributed by atoms with Gasteiger partial charge in [-0.2, -0.15) is 18.3 Å². The van der Waals surface area contributed by atoms with Crippen molar-refractivity contribution in [3.63, 3.8) is 0 Å². The van der Waals surface area contributed by atoms with Crippen LogP contribution < -0.4 is 5.32 Å². The molecule has 1 aliphatic carbocycles. The number of carbonyl (C=O) groups excluding carboxylic acids is 1. The number of halogens is 3. The highest BCUT2D eigenvalue weighted by atomic mass is 19.4. The van der Waals surface area contributed by atoms with E-state index in [4.69, 9.17) is 0 Å². The highest BCUT2D eigenvalue weighted by Gasteiger charge is 2.47. The molecule has 0 spiro atoms. The van der Waals surface area contributed by atoms with Crippen molar-refractivity contribution >= 4 is 5.91 Å². The second-order valence-corrected chi connectivity index (χ2v) is 5.28. The first kappa shape index (κ1) is 14.9. The van der Waals surface area contributed by atoms with Crippen LogP contribution in [0.1, 0.15) is 31.2 Å². The Kier molecular flexibility index (Phi) is 4.35. The Bertz CT molecular complexity index is 470. The maximum absolute atomic E-state index is 12.9. The lowest BCUT2D eigenvalue weighted by atomic mass is 9.78. The van der Waals surface area contributed by atoms with E-state index in [0.29, 0.717) is 19.3 Å². The van der Waals surface area contributed by atoms with Gasteiger partial charge in [-0.1, -0.05) is 12.8 Å². The van der Waals surface area contributed by atoms with Crippen molar-refractivity contribution in [3.05, 3.63) is 18.0 Å². The minimum atomic E-state index is -4.29. The third-order valence-corrected chi connectivity index (χ3v) is 3.75. The lowest BCUT2D eigenvalue weighted by molar-refractivity contribution is -0.198. The Morgan fingerprint density at radius 3 is 2.75 bits per heavy atom. The average Bonchev–Trinajstić information content (AvgIpc) is 2.81. The molecule has 2 atom stereocenters. The molecule has 1 fully saturated rings. The van der Waals surface area contributed by atoms with E-state index >= 15 is 0 Å². The standard InChI is InChI=1S/C13H18F3N3O/c1-19-8-9(7-18-19)6-17-12(20)10-4-2-3-5-11(10)13(14,15)16/h7-8,10-11H,2-6H2,1H3,(H,17,20). The van der Waals surface area contributed by atoms with Crippen LogP contribution in [-0.2, 0) is 18.4 Å². The van der Waals surface area contributed by atoms with Crippen molar-refractivity contribution < 1.29 is 18.0 Å². The Morgan fingerprint density at radius 1 is 1.45 bits per heavy atom. The zero-order valence-electron chi connectivity index (χ0n) is 11.3. The highest BCUT2D eigenvalue weighted by molar-refractivity contribution is 5.79. The molecular formula is C13H18F3N3O. The van der Waals surface area contributed by atoms with E-state index in [-0.39, 0.29) is 13.0 Å². The second-order valence-electron chi connectivity index (χ2n) is 5.28. The van der Waals surface area contributed by atoms with Crippen molar-refractivity contribution in [2.75, 3.05) is 0 Å². The third kappa shape index (κ3) is 3.52. The summed E-state index contributed by atoms with van der Waals surface area (Å²) in [4.78, 5) is 12.0. The summed E-state index contributed by atoms with van der Waals surface area (Å²) in [6.07, 6.45) is 0.590. The van der Waals surface area contributed by atoms with E-state index in [9.17, 15) is 18.0 Å². The van der Waals surface area contributed by atoms with E-state index < -0.39 is 23.9 Å². The predicted molar refractivity (Wildman–Crippen MR) is 66.6 cm³/mol. The lowest BCUT2D eigenvalue weighted by Gasteiger charge is -2.31. The number of aromatic nitrogens is 2. The number of hydrogen-bond donors (Lipinski definition) is 1. The largest absolute Gasteiger partial charge is 0.392 e. The quantitative estimate of drug-likeness (QED) is 0.929. The van der Waals surface area contributed by atoms with E-state index in [1.807, 2.05) is 0 Å². The smallest absolute Gasteiger partial charge is 0.352 e. The summed E-state index contributed by atoms with van der Waals surface area (Å²) < 4.78 is 40.4. The Morgan fingerprint density at radius 2 is 2.15 bits per heavy atom. The minimum absolute atomic E-state index is 0.0501. The zero-order valence-corrected chi connectivity index (χ0v) is 11.3. The molecule has 0 radical (unpaired) electrons. The molecule has 1 N–H and O–H groups in total. The monoisotopic (exact) mass is 289 g/mol. The molecule has 0 aliphatic heterocycles. The third-order valence-electron chi connectivity index (χ3n) is 3.75. The number of hydrogen-bond acceptors (Lipinski definition) is 2. The maximum Gasteiger partial charge on any atom is 0.392 e. The van der Waals surface area contributed by atoms with Crippen LogP contribution in [0, 0.1) is 11.8 Å². The molecule has 1 saturated carbocycles. The molecule has 2 unspecified atom stereocenters. The van der Waals surface area contributed by atoms with Crippen LogP contribution in [-0.4, -0.2) is 21.9 Å². The first-order valence-electron chi connectivity index (χ1n) is 6.70. The molecule has 20 heavy (non-hydrogen) atoms. The van der Waals surface area contributed by atoms with Crippen LogP contribution in [0.5, 0.6) is 0 Å². The van der Waals surface area contributed by atoms with Gasteiger partial charge in [0.2, 0.25) is 5.91 Å². The molecule has 1 aromatic heterocycles. The summed E-state index contributed by atoms with van der Waals surface area (Å²) in [6.45, 7) is 0.216. The van der Waals surface area contributed by atoms with Crippen molar-refractivity contribution in [1.82, 2.24) is 15.1 Å². The van der Waals surface area contributed by atoms with Gasteiger partial charge in [0.15, 0.2) is 0 Å². The van der Waals surface area contributed by atoms with Gasteiger partial charge in [0.25, 0.3) is 0 Å². The van der Waals surface area contributed by atoms with Crippen molar-refractivity contribution in [1.29, 1.82) is 0 Å². The summed E-state index contributed by atoms with van der Waals surface area (Å²) in [6, 6.07) is 0. The molecule has 2 rings (SSSR count). The van der Waals surface area contributed by atoms with E-state index in [2.05, 4.69) is 10.4 Å². The molecule has 4 nitrogen and oxygen atoms in total. The number of aryl methyl sites for hydroxylation is 1. The van der Waals surface area contributed by atoms with E-state index in [1.165, 1.54) is 0 Å². The fourth-order valence-corrected chi connectivity index (χ4v) is 2.72. The van der Waals surface area contributed by atoms with Gasteiger partial charge in [-0.25, -0.2) is 0 Å². The molecule has 1 aromatic rings. The normalized spacial score (nSPS) is 23.6. The Hall–Kier alpha value is -1.53. The topological polar surface area (TPSA) is 46.9 Å². The summed E-state index contributed by atoms with van der Waals surface area (Å²) in [7, 11) is 1.74. The maximum atomic E-state index is 12.9. The molecule has 1 heterocycles. The Balaban J connectivity index is 1.96. The lowest BCUT2D eigenvalue weighted by Crippen LogP contribution is -2.42. The number of carbonyl (C=O) groups is 1. The first-order chi connectivity index (χ1) is 9.38. The van der Waals surface area contributed by atoms with Crippen LogP contribution in [0.3, 0.4) is 0 Å². The number of nitrogens with one attached hydrogen (secondary N) is 1. The van der Waals surface area contributed by atoms with E-state index in [0.717, 1.165) is 5.56 Å². The highest BCUT2D eigenvalue weighted by Crippen LogP contribution is 2.41. The second kappa shape index (κ2) is 5.85. The molecule has 0 aromatic carbocycles. The SMILES string of the molecule is Cn1cc(CNC(=O)C2CCCCC2C(F)(F)F)cn1. The molecule has 1 aliphatic rings. The summed E-state index contributed by atoms with van der Waals surface area (Å²) in [5, 5.41) is 6.54. The number of rotatable bonds is 3. The van der Waals surface area contributed by atoms with Crippen molar-refractivity contribution in [2.24, 2.45) is 18.9 Å². The molecule has 7 heteroatoms. The number of amides is 1. The summed E-state index contributed by atoms with van der Waals surface area (Å²) >= 11 is 0. The number of nitrogens with zero attached hydrogens (tertiary/aromatic N) is 2. The van der Waals surface area contributed by atoms with Gasteiger partial charge in [-0.05, 0) is 12.8 Å². The van der Waals surface area contributed by atoms with Crippen LogP contribution in [0.15, 0.2) is 12.4 Å². The fourth-order valence-electron chi connectivity index (χ4n) is 2.72. The van der Waals surface area contributed by atoms with Gasteiger partial charge < -0.3 is 5.32 Å². The van der Waals surface area contributed by atoms with Gasteiger partial charge >= 0.3 is 6.18 Å². The average molecular weight is 289 g/mol. The zero-order chi connectivity index (χ0) is 14.8. The van der Waals surface area contributed by atoms with Gasteiger partial charge in [0, 0.05) is 31.3 Å². The van der Waals surface area contributed by atoms with Crippen LogP contribution >= 0.6 is 0 Å². The van der Waals surface area contributed by atoms with Crippen LogP contribution in [0.4, 0.5) is 13.2 Å². The van der Waals surface area contributed by atoms with Gasteiger partial charge in [0.05, 0.1) is 12.1 Å². The first-order valence-corrected chi connectivity index (χ1v) is 6.70. The van der Waals surface area contributed by atoms with Crippen molar-refractivity contribution in [3.8, 4) is 0 Å². The Labute approximate surface area is 115 Å². The summed E-state index contributed by atoms with van der Waals surface area (Å²) in [5.41, 5.74) is 0.778. The van der Waals surface area contributed by atoms with Crippen LogP contribution in [0.25, 0.3) is 0 Å². The minimum Gasteiger partial charge on any atom is -0.352 e. The predicted octanol–water partition coefficient (Wildman–Crippen LogP) is 2.41. The molecular weight excluding hydrogens is 271 g/mol. The van der Waals surface area contributed by atoms with E-state index in [1.54, 1.807) is 24.1 Å². The van der Waals surface area contributed by atoms with Crippen molar-refractivity contribution in [2.45, 2.75) is 38.4 Å².